The Bertz CT molecular complexity index is 554. The van der Waals surface area contributed by atoms with Crippen LogP contribution in [0.25, 0.3) is 11.0 Å². The number of furan rings is 1. The molecule has 0 saturated carbocycles. The van der Waals surface area contributed by atoms with E-state index in [1.165, 1.54) is 6.92 Å². The predicted molar refractivity (Wildman–Crippen MR) is 60.3 cm³/mol. The van der Waals surface area contributed by atoms with E-state index in [-0.39, 0.29) is 17.1 Å². The van der Waals surface area contributed by atoms with Gasteiger partial charge in [-0.15, -0.1) is 0 Å². The van der Waals surface area contributed by atoms with Crippen LogP contribution in [0.1, 0.15) is 23.0 Å². The smallest absolute Gasteiger partial charge is 0.163 e. The number of phenolic OH excluding ortho intramolecular Hbond substituents is 1. The summed E-state index contributed by atoms with van der Waals surface area (Å²) in [7, 11) is 0. The maximum atomic E-state index is 11.2. The van der Waals surface area contributed by atoms with Gasteiger partial charge in [0.25, 0.3) is 0 Å². The fraction of sp³-hybridized carbons (Fsp3) is 0.182. The second-order valence-electron chi connectivity index (χ2n) is 3.41. The van der Waals surface area contributed by atoms with E-state index in [1.54, 1.807) is 6.07 Å². The van der Waals surface area contributed by atoms with Gasteiger partial charge < -0.3 is 9.52 Å². The number of halogens is 1. The van der Waals surface area contributed by atoms with Crippen molar-refractivity contribution in [2.24, 2.45) is 0 Å². The zero-order chi connectivity index (χ0) is 11.2. The number of rotatable bonds is 1. The van der Waals surface area contributed by atoms with Gasteiger partial charge in [0.1, 0.15) is 17.1 Å². The monoisotopic (exact) mass is 268 g/mol. The lowest BCUT2D eigenvalue weighted by Gasteiger charge is -2.03. The molecule has 1 N–H and O–H groups in total. The number of hydrogen-bond donors (Lipinski definition) is 1. The van der Waals surface area contributed by atoms with Gasteiger partial charge in [-0.2, -0.15) is 0 Å². The Morgan fingerprint density at radius 2 is 2.13 bits per heavy atom. The van der Waals surface area contributed by atoms with Crippen LogP contribution in [0.3, 0.4) is 0 Å². The van der Waals surface area contributed by atoms with Crippen LogP contribution in [0.15, 0.2) is 21.0 Å². The molecule has 0 spiro atoms. The molecule has 3 nitrogen and oxygen atoms in total. The molecule has 2 rings (SSSR count). The number of aryl methyl sites for hydroxylation is 1. The van der Waals surface area contributed by atoms with E-state index in [1.807, 2.05) is 13.0 Å². The topological polar surface area (TPSA) is 50.4 Å². The van der Waals surface area contributed by atoms with Crippen LogP contribution in [-0.4, -0.2) is 10.9 Å². The van der Waals surface area contributed by atoms with Crippen molar-refractivity contribution in [2.45, 2.75) is 13.8 Å². The number of fused-ring (bicyclic) bond motifs is 1. The minimum Gasteiger partial charge on any atom is -0.506 e. The lowest BCUT2D eigenvalue weighted by atomic mass is 10.1. The highest BCUT2D eigenvalue weighted by Crippen LogP contribution is 2.37. The van der Waals surface area contributed by atoms with E-state index in [2.05, 4.69) is 15.9 Å². The summed E-state index contributed by atoms with van der Waals surface area (Å²) in [5, 5.41) is 10.5. The number of hydrogen-bond acceptors (Lipinski definition) is 3. The van der Waals surface area contributed by atoms with Crippen LogP contribution in [0.5, 0.6) is 5.75 Å². The first kappa shape index (κ1) is 10.2. The van der Waals surface area contributed by atoms with Crippen LogP contribution in [0, 0.1) is 6.92 Å². The highest BCUT2D eigenvalue weighted by atomic mass is 79.9. The molecule has 15 heavy (non-hydrogen) atoms. The average Bonchev–Trinajstić information content (AvgIpc) is 2.52. The predicted octanol–water partition coefficient (Wildman–Crippen LogP) is 3.41. The molecular weight excluding hydrogens is 260 g/mol. The summed E-state index contributed by atoms with van der Waals surface area (Å²) in [6.07, 6.45) is 0. The van der Waals surface area contributed by atoms with E-state index in [4.69, 9.17) is 4.42 Å². The zero-order valence-corrected chi connectivity index (χ0v) is 9.88. The Morgan fingerprint density at radius 3 is 2.73 bits per heavy atom. The molecule has 0 amide bonds. The molecule has 1 aromatic heterocycles. The van der Waals surface area contributed by atoms with Crippen molar-refractivity contribution in [3.8, 4) is 5.75 Å². The first-order valence-corrected chi connectivity index (χ1v) is 5.22. The van der Waals surface area contributed by atoms with Crippen molar-refractivity contribution < 1.29 is 14.3 Å². The van der Waals surface area contributed by atoms with E-state index >= 15 is 0 Å². The van der Waals surface area contributed by atoms with E-state index in [0.717, 1.165) is 11.1 Å². The molecule has 0 aliphatic heterocycles. The number of phenols is 1. The fourth-order valence-electron chi connectivity index (χ4n) is 1.52. The lowest BCUT2D eigenvalue weighted by molar-refractivity contribution is 0.101. The van der Waals surface area contributed by atoms with Gasteiger partial charge in [0.05, 0.1) is 10.0 Å². The number of carbonyl (C=O) groups excluding carboxylic acids is 1. The third kappa shape index (κ3) is 1.55. The quantitative estimate of drug-likeness (QED) is 0.807. The number of carbonyl (C=O) groups is 1. The number of benzene rings is 1. The van der Waals surface area contributed by atoms with Gasteiger partial charge in [-0.25, -0.2) is 0 Å². The zero-order valence-electron chi connectivity index (χ0n) is 8.30. The van der Waals surface area contributed by atoms with Gasteiger partial charge in [0.15, 0.2) is 5.78 Å². The van der Waals surface area contributed by atoms with Crippen LogP contribution in [0.4, 0.5) is 0 Å². The number of aromatic hydroxyl groups is 1. The summed E-state index contributed by atoms with van der Waals surface area (Å²) in [5.74, 6) is 0.519. The molecule has 1 aromatic carbocycles. The largest absolute Gasteiger partial charge is 0.506 e. The normalized spacial score (nSPS) is 10.9. The van der Waals surface area contributed by atoms with E-state index < -0.39 is 0 Å². The van der Waals surface area contributed by atoms with Crippen molar-refractivity contribution in [1.29, 1.82) is 0 Å². The number of Topliss-reactive ketones (excluding diaryl/α,β-unsaturated/α-hetero) is 1. The Hall–Kier alpha value is -1.29. The molecule has 78 valence electrons. The van der Waals surface area contributed by atoms with Crippen LogP contribution in [0.2, 0.25) is 0 Å². The molecule has 0 bridgehead atoms. The van der Waals surface area contributed by atoms with Gasteiger partial charge in [-0.3, -0.25) is 4.79 Å². The standard InChI is InChI=1S/C11H9BrO3/c1-5-3-8-9(15-5)4-7(6(2)13)11(14)10(8)12/h3-4,14H,1-2H3. The average molecular weight is 269 g/mol. The van der Waals surface area contributed by atoms with Crippen molar-refractivity contribution in [3.63, 3.8) is 0 Å². The lowest BCUT2D eigenvalue weighted by Crippen LogP contribution is -1.92. The minimum atomic E-state index is -0.191. The van der Waals surface area contributed by atoms with Crippen LogP contribution >= 0.6 is 15.9 Å². The summed E-state index contributed by atoms with van der Waals surface area (Å²) >= 11 is 3.25. The summed E-state index contributed by atoms with van der Waals surface area (Å²) in [6.45, 7) is 3.22. The Balaban J connectivity index is 2.87. The molecule has 4 heteroatoms. The fourth-order valence-corrected chi connectivity index (χ4v) is 2.05. The summed E-state index contributed by atoms with van der Waals surface area (Å²) < 4.78 is 5.90. The SMILES string of the molecule is CC(=O)c1cc2oc(C)cc2c(Br)c1O. The van der Waals surface area contributed by atoms with Crippen LogP contribution < -0.4 is 0 Å². The molecule has 2 aromatic rings. The Kier molecular flexibility index (Phi) is 2.31. The maximum Gasteiger partial charge on any atom is 0.163 e. The molecule has 0 fully saturated rings. The minimum absolute atomic E-state index is 0.0317. The first-order chi connectivity index (χ1) is 7.00. The molecule has 1 heterocycles. The molecule has 0 saturated heterocycles. The highest BCUT2D eigenvalue weighted by Gasteiger charge is 2.16. The second-order valence-corrected chi connectivity index (χ2v) is 4.20. The molecule has 0 radical (unpaired) electrons. The van der Waals surface area contributed by atoms with Gasteiger partial charge in [0.2, 0.25) is 0 Å². The molecule has 0 unspecified atom stereocenters. The number of ketones is 1. The van der Waals surface area contributed by atoms with Gasteiger partial charge in [-0.1, -0.05) is 0 Å². The van der Waals surface area contributed by atoms with Crippen molar-refractivity contribution in [2.75, 3.05) is 0 Å². The Morgan fingerprint density at radius 1 is 1.47 bits per heavy atom. The van der Waals surface area contributed by atoms with Crippen molar-refractivity contribution in [3.05, 3.63) is 27.9 Å². The molecule has 0 atom stereocenters. The summed E-state index contributed by atoms with van der Waals surface area (Å²) in [6, 6.07) is 3.37. The van der Waals surface area contributed by atoms with Crippen molar-refractivity contribution in [1.82, 2.24) is 0 Å². The highest BCUT2D eigenvalue weighted by molar-refractivity contribution is 9.10. The third-order valence-corrected chi connectivity index (χ3v) is 3.04. The van der Waals surface area contributed by atoms with Crippen molar-refractivity contribution >= 4 is 32.7 Å². The maximum absolute atomic E-state index is 11.2. The third-order valence-electron chi connectivity index (χ3n) is 2.24. The molecular formula is C11H9BrO3. The van der Waals surface area contributed by atoms with Gasteiger partial charge >= 0.3 is 0 Å². The van der Waals surface area contributed by atoms with Gasteiger partial charge in [-0.05, 0) is 41.9 Å². The summed E-state index contributed by atoms with van der Waals surface area (Å²) in [4.78, 5) is 11.2. The second kappa shape index (κ2) is 3.38. The summed E-state index contributed by atoms with van der Waals surface area (Å²) in [5.41, 5.74) is 0.867. The van der Waals surface area contributed by atoms with Crippen LogP contribution in [-0.2, 0) is 0 Å². The van der Waals surface area contributed by atoms with E-state index in [0.29, 0.717) is 10.1 Å². The van der Waals surface area contributed by atoms with E-state index in [9.17, 15) is 9.90 Å². The Labute approximate surface area is 94.8 Å². The molecule has 0 aliphatic rings. The van der Waals surface area contributed by atoms with Gasteiger partial charge in [0, 0.05) is 5.39 Å². The molecule has 0 aliphatic carbocycles. The first-order valence-electron chi connectivity index (χ1n) is 4.43.